The van der Waals surface area contributed by atoms with Crippen LogP contribution in [0.25, 0.3) is 11.5 Å². The topological polar surface area (TPSA) is 68.8 Å². The first-order valence-electron chi connectivity index (χ1n) is 6.18. The Kier molecular flexibility index (Phi) is 3.76. The normalized spacial score (nSPS) is 14.7. The van der Waals surface area contributed by atoms with Crippen LogP contribution in [-0.4, -0.2) is 32.5 Å². The molecule has 0 spiro atoms. The first-order chi connectivity index (χ1) is 8.61. The third-order valence-corrected chi connectivity index (χ3v) is 3.05. The van der Waals surface area contributed by atoms with Crippen LogP contribution in [0.5, 0.6) is 0 Å². The number of nitrogens with zero attached hydrogens (tertiary/aromatic N) is 4. The number of rotatable bonds is 5. The number of hydrogen-bond acceptors (Lipinski definition) is 5. The average Bonchev–Trinajstić information content (AvgIpc) is 2.96. The van der Waals surface area contributed by atoms with E-state index in [0.29, 0.717) is 17.8 Å². The van der Waals surface area contributed by atoms with Gasteiger partial charge in [0.05, 0.1) is 5.92 Å². The van der Waals surface area contributed by atoms with Crippen LogP contribution in [0.3, 0.4) is 0 Å². The molecule has 2 unspecified atom stereocenters. The van der Waals surface area contributed by atoms with Gasteiger partial charge in [0, 0.05) is 19.3 Å². The van der Waals surface area contributed by atoms with Crippen molar-refractivity contribution in [1.29, 1.82) is 0 Å². The van der Waals surface area contributed by atoms with E-state index in [-0.39, 0.29) is 5.92 Å². The van der Waals surface area contributed by atoms with Gasteiger partial charge in [0.2, 0.25) is 11.7 Å². The Balaban J connectivity index is 2.15. The lowest BCUT2D eigenvalue weighted by atomic mass is 10.0. The summed E-state index contributed by atoms with van der Waals surface area (Å²) in [5, 5.41) is 11.6. The number of likely N-dealkylation sites (N-methyl/N-ethyl adjacent to an activating group) is 1. The maximum Gasteiger partial charge on any atom is 0.231 e. The van der Waals surface area contributed by atoms with Gasteiger partial charge in [-0.05, 0) is 19.5 Å². The first kappa shape index (κ1) is 12.8. The van der Waals surface area contributed by atoms with E-state index in [1.54, 1.807) is 4.68 Å². The molecule has 2 atom stereocenters. The van der Waals surface area contributed by atoms with Crippen molar-refractivity contribution in [2.45, 2.75) is 32.7 Å². The van der Waals surface area contributed by atoms with E-state index in [1.165, 1.54) is 0 Å². The largest absolute Gasteiger partial charge is 0.339 e. The molecule has 2 aromatic heterocycles. The van der Waals surface area contributed by atoms with E-state index >= 15 is 0 Å². The van der Waals surface area contributed by atoms with Crippen LogP contribution in [0, 0.1) is 0 Å². The van der Waals surface area contributed by atoms with Gasteiger partial charge in [0.25, 0.3) is 0 Å². The lowest BCUT2D eigenvalue weighted by Gasteiger charge is -2.16. The van der Waals surface area contributed by atoms with E-state index in [4.69, 9.17) is 4.52 Å². The lowest BCUT2D eigenvalue weighted by Crippen LogP contribution is -2.30. The molecule has 0 fully saturated rings. The number of hydrogen-bond donors (Lipinski definition) is 1. The highest BCUT2D eigenvalue weighted by atomic mass is 16.5. The third kappa shape index (κ3) is 2.59. The fourth-order valence-electron chi connectivity index (χ4n) is 1.77. The summed E-state index contributed by atoms with van der Waals surface area (Å²) in [6.45, 7) is 7.19. The van der Waals surface area contributed by atoms with Crippen LogP contribution in [0.15, 0.2) is 16.8 Å². The Labute approximate surface area is 106 Å². The Hall–Kier alpha value is -1.69. The lowest BCUT2D eigenvalue weighted by molar-refractivity contribution is 0.332. The zero-order valence-electron chi connectivity index (χ0n) is 11.2. The van der Waals surface area contributed by atoms with Crippen molar-refractivity contribution in [3.63, 3.8) is 0 Å². The number of aryl methyl sites for hydroxylation is 1. The van der Waals surface area contributed by atoms with Gasteiger partial charge in [0.15, 0.2) is 0 Å². The highest BCUT2D eigenvalue weighted by Gasteiger charge is 2.21. The Bertz CT molecular complexity index is 504. The zero-order chi connectivity index (χ0) is 13.1. The van der Waals surface area contributed by atoms with Crippen LogP contribution in [0.1, 0.15) is 32.6 Å². The predicted molar refractivity (Wildman–Crippen MR) is 68.1 cm³/mol. The minimum absolute atomic E-state index is 0.176. The van der Waals surface area contributed by atoms with E-state index in [0.717, 1.165) is 12.2 Å². The number of nitrogens with one attached hydrogen (secondary N) is 1. The summed E-state index contributed by atoms with van der Waals surface area (Å²) in [5.41, 5.74) is 0.732. The second-order valence-corrected chi connectivity index (χ2v) is 4.47. The summed E-state index contributed by atoms with van der Waals surface area (Å²) in [7, 11) is 1.86. The van der Waals surface area contributed by atoms with Crippen molar-refractivity contribution in [2.24, 2.45) is 7.05 Å². The molecule has 6 nitrogen and oxygen atoms in total. The van der Waals surface area contributed by atoms with Gasteiger partial charge in [-0.1, -0.05) is 19.0 Å². The molecule has 0 aliphatic heterocycles. The maximum atomic E-state index is 5.31. The molecule has 0 amide bonds. The van der Waals surface area contributed by atoms with Crippen molar-refractivity contribution >= 4 is 0 Å². The highest BCUT2D eigenvalue weighted by Crippen LogP contribution is 2.20. The minimum Gasteiger partial charge on any atom is -0.339 e. The summed E-state index contributed by atoms with van der Waals surface area (Å²) in [6.07, 6.45) is 1.86. The molecule has 0 saturated heterocycles. The molecule has 6 heteroatoms. The Morgan fingerprint density at radius 3 is 2.83 bits per heavy atom. The van der Waals surface area contributed by atoms with Crippen molar-refractivity contribution < 1.29 is 4.52 Å². The van der Waals surface area contributed by atoms with E-state index in [9.17, 15) is 0 Å². The molecule has 2 heterocycles. The van der Waals surface area contributed by atoms with Crippen molar-refractivity contribution in [1.82, 2.24) is 25.2 Å². The molecule has 0 aromatic carbocycles. The number of aromatic nitrogens is 4. The second kappa shape index (κ2) is 5.30. The van der Waals surface area contributed by atoms with Gasteiger partial charge in [0.1, 0.15) is 5.69 Å². The third-order valence-electron chi connectivity index (χ3n) is 3.05. The van der Waals surface area contributed by atoms with Crippen molar-refractivity contribution in [3.05, 3.63) is 18.2 Å². The monoisotopic (exact) mass is 249 g/mol. The standard InChI is InChI=1S/C12H19N5O/c1-5-13-9(3)8(2)12-14-11(16-18-12)10-6-7-17(4)15-10/h6-9,13H,5H2,1-4H3. The van der Waals surface area contributed by atoms with Gasteiger partial charge in [-0.3, -0.25) is 4.68 Å². The molecule has 0 aliphatic rings. The Morgan fingerprint density at radius 1 is 1.44 bits per heavy atom. The fourth-order valence-corrected chi connectivity index (χ4v) is 1.77. The molecule has 98 valence electrons. The van der Waals surface area contributed by atoms with Gasteiger partial charge in [-0.25, -0.2) is 0 Å². The molecule has 0 aliphatic carbocycles. The molecule has 1 N–H and O–H groups in total. The molecule has 0 saturated carbocycles. The van der Waals surface area contributed by atoms with Gasteiger partial charge < -0.3 is 9.84 Å². The quantitative estimate of drug-likeness (QED) is 0.871. The molecule has 2 rings (SSSR count). The van der Waals surface area contributed by atoms with Crippen LogP contribution in [-0.2, 0) is 7.05 Å². The van der Waals surface area contributed by atoms with Crippen LogP contribution in [0.4, 0.5) is 0 Å². The summed E-state index contributed by atoms with van der Waals surface area (Å²) in [5.74, 6) is 1.36. The van der Waals surface area contributed by atoms with Crippen LogP contribution < -0.4 is 5.32 Å². The van der Waals surface area contributed by atoms with E-state index in [1.807, 2.05) is 19.3 Å². The molecule has 2 aromatic rings. The first-order valence-corrected chi connectivity index (χ1v) is 6.18. The summed E-state index contributed by atoms with van der Waals surface area (Å²) < 4.78 is 7.03. The Morgan fingerprint density at radius 2 is 2.22 bits per heavy atom. The second-order valence-electron chi connectivity index (χ2n) is 4.47. The maximum absolute atomic E-state index is 5.31. The molecule has 0 radical (unpaired) electrons. The van der Waals surface area contributed by atoms with Crippen molar-refractivity contribution in [2.75, 3.05) is 6.54 Å². The SMILES string of the molecule is CCNC(C)C(C)c1nc(-c2ccn(C)n2)no1. The highest BCUT2D eigenvalue weighted by molar-refractivity contribution is 5.46. The van der Waals surface area contributed by atoms with Gasteiger partial charge in [-0.2, -0.15) is 10.1 Å². The molecular formula is C12H19N5O. The van der Waals surface area contributed by atoms with Gasteiger partial charge in [-0.15, -0.1) is 0 Å². The zero-order valence-corrected chi connectivity index (χ0v) is 11.2. The minimum atomic E-state index is 0.176. The van der Waals surface area contributed by atoms with E-state index < -0.39 is 0 Å². The summed E-state index contributed by atoms with van der Waals surface area (Å²) in [6, 6.07) is 2.17. The molecule has 18 heavy (non-hydrogen) atoms. The van der Waals surface area contributed by atoms with Crippen LogP contribution in [0.2, 0.25) is 0 Å². The van der Waals surface area contributed by atoms with E-state index in [2.05, 4.69) is 41.3 Å². The smallest absolute Gasteiger partial charge is 0.231 e. The molecule has 0 bridgehead atoms. The van der Waals surface area contributed by atoms with Crippen molar-refractivity contribution in [3.8, 4) is 11.5 Å². The molecular weight excluding hydrogens is 230 g/mol. The summed E-state index contributed by atoms with van der Waals surface area (Å²) >= 11 is 0. The summed E-state index contributed by atoms with van der Waals surface area (Å²) in [4.78, 5) is 4.40. The fraction of sp³-hybridized carbons (Fsp3) is 0.583. The predicted octanol–water partition coefficient (Wildman–Crippen LogP) is 1.57. The van der Waals surface area contributed by atoms with Crippen LogP contribution >= 0.6 is 0 Å². The van der Waals surface area contributed by atoms with Gasteiger partial charge >= 0.3 is 0 Å². The average molecular weight is 249 g/mol.